The summed E-state index contributed by atoms with van der Waals surface area (Å²) in [6.07, 6.45) is 0. The predicted octanol–water partition coefficient (Wildman–Crippen LogP) is 12.8. The number of aromatic nitrogens is 7. The molecule has 316 valence electrons. The number of ketones is 1. The summed E-state index contributed by atoms with van der Waals surface area (Å²) >= 11 is 0. The van der Waals surface area contributed by atoms with Crippen LogP contribution >= 0.6 is 0 Å². The van der Waals surface area contributed by atoms with E-state index in [0.717, 1.165) is 87.2 Å². The van der Waals surface area contributed by atoms with Gasteiger partial charge in [0, 0.05) is 43.1 Å². The lowest BCUT2D eigenvalue weighted by atomic mass is 10.2. The van der Waals surface area contributed by atoms with E-state index in [1.807, 2.05) is 154 Å². The maximum atomic E-state index is 15.3. The van der Waals surface area contributed by atoms with E-state index in [-0.39, 0.29) is 29.4 Å². The summed E-state index contributed by atoms with van der Waals surface area (Å²) in [7, 11) is 0. The number of rotatable bonds is 5. The van der Waals surface area contributed by atoms with Crippen molar-refractivity contribution >= 4 is 105 Å². The fourth-order valence-electron chi connectivity index (χ4n) is 9.96. The maximum Gasteiger partial charge on any atom is 0.248 e. The van der Waals surface area contributed by atoms with E-state index in [0.29, 0.717) is 5.84 Å². The van der Waals surface area contributed by atoms with E-state index < -0.39 is 5.78 Å². The molecule has 0 saturated heterocycles. The Labute approximate surface area is 382 Å². The van der Waals surface area contributed by atoms with Gasteiger partial charge in [-0.3, -0.25) is 23.1 Å². The van der Waals surface area contributed by atoms with Gasteiger partial charge in [0.25, 0.3) is 0 Å². The Hall–Kier alpha value is -9.28. The molecule has 0 atom stereocenters. The van der Waals surface area contributed by atoms with E-state index in [9.17, 15) is 0 Å². The summed E-state index contributed by atoms with van der Waals surface area (Å²) in [6.45, 7) is 6.32. The van der Waals surface area contributed by atoms with Crippen LogP contribution in [-0.4, -0.2) is 50.8 Å². The van der Waals surface area contributed by atoms with Crippen LogP contribution in [0.25, 0.3) is 99.1 Å². The molecule has 5 heterocycles. The van der Waals surface area contributed by atoms with Crippen molar-refractivity contribution in [2.75, 3.05) is 0 Å². The fourth-order valence-corrected chi connectivity index (χ4v) is 9.96. The normalized spacial score (nSPS) is 12.6. The van der Waals surface area contributed by atoms with Crippen molar-refractivity contribution in [3.63, 3.8) is 0 Å². The van der Waals surface area contributed by atoms with Gasteiger partial charge in [0.2, 0.25) is 29.5 Å². The molecule has 8 aromatic carbocycles. The van der Waals surface area contributed by atoms with Gasteiger partial charge in [-0.2, -0.15) is 19.9 Å². The Morgan fingerprint density at radius 1 is 0.388 bits per heavy atom. The van der Waals surface area contributed by atoms with Crippen LogP contribution in [0.4, 0.5) is 0 Å². The van der Waals surface area contributed by atoms with Crippen LogP contribution in [0.3, 0.4) is 0 Å². The zero-order valence-electron chi connectivity index (χ0n) is 36.1. The monoisotopic (exact) mass is 863 g/mol. The molecule has 67 heavy (non-hydrogen) atoms. The maximum absolute atomic E-state index is 15.3. The fraction of sp³-hybridized carbons (Fsp3) is 0.0175. The molecule has 0 fully saturated rings. The van der Waals surface area contributed by atoms with Gasteiger partial charge in [-0.1, -0.05) is 152 Å². The van der Waals surface area contributed by atoms with Crippen molar-refractivity contribution in [1.82, 2.24) is 33.2 Å². The first-order valence-corrected chi connectivity index (χ1v) is 22.1. The standard InChI is InChI=1S/C57H37N9O/c1-35(58-55(64-47-29-13-5-21-39(47)40-22-6-14-30-48(40)64)59-36(2)63-45-27-11-3-19-37(45)38-20-4-12-28-46(38)63)53(67)54-60-56(65-49-31-15-7-23-41(49)42-24-8-16-32-50(42)65)62-57(61-54)66-51-33-17-9-25-43(51)44-26-10-18-34-52(44)66/h3-34H,1H2,2H3. The minimum absolute atomic E-state index is 0.0943. The van der Waals surface area contributed by atoms with E-state index in [4.69, 9.17) is 24.9 Å². The molecule has 10 nitrogen and oxygen atoms in total. The summed E-state index contributed by atoms with van der Waals surface area (Å²) in [5.74, 6) is 0.797. The second-order valence-corrected chi connectivity index (χ2v) is 16.6. The SMILES string of the molecule is C=C(N=C(N=C(C)n1c2ccccc2c2ccccc21)n1c2ccccc2c2ccccc21)C(=O)c1nc(-n2c3ccccc3c3ccccc32)nc(-n2c3ccccc3c3ccccc32)n1. The third kappa shape index (κ3) is 5.83. The Morgan fingerprint density at radius 2 is 0.672 bits per heavy atom. The smallest absolute Gasteiger partial charge is 0.248 e. The molecule has 13 rings (SSSR count). The molecule has 0 radical (unpaired) electrons. The van der Waals surface area contributed by atoms with Crippen LogP contribution in [0.2, 0.25) is 0 Å². The van der Waals surface area contributed by atoms with E-state index >= 15 is 4.79 Å². The Kier molecular flexibility index (Phi) is 8.49. The second-order valence-electron chi connectivity index (χ2n) is 16.6. The van der Waals surface area contributed by atoms with Crippen LogP contribution in [0.5, 0.6) is 0 Å². The van der Waals surface area contributed by atoms with Gasteiger partial charge in [0.1, 0.15) is 11.5 Å². The number of allylic oxidation sites excluding steroid dienone is 1. The number of nitrogens with zero attached hydrogens (tertiary/aromatic N) is 9. The highest BCUT2D eigenvalue weighted by molar-refractivity contribution is 6.19. The van der Waals surface area contributed by atoms with Crippen molar-refractivity contribution < 1.29 is 4.79 Å². The minimum atomic E-state index is -0.575. The molecule has 0 aliphatic heterocycles. The number of fused-ring (bicyclic) bond motifs is 12. The molecule has 10 heteroatoms. The van der Waals surface area contributed by atoms with Crippen LogP contribution < -0.4 is 0 Å². The zero-order valence-corrected chi connectivity index (χ0v) is 36.1. The minimum Gasteiger partial charge on any atom is -0.297 e. The number of carbonyl (C=O) groups excluding carboxylic acids is 1. The van der Waals surface area contributed by atoms with Gasteiger partial charge in [0.05, 0.1) is 44.1 Å². The highest BCUT2D eigenvalue weighted by Gasteiger charge is 2.25. The van der Waals surface area contributed by atoms with E-state index in [1.165, 1.54) is 0 Å². The molecule has 5 aromatic heterocycles. The first kappa shape index (κ1) is 38.2. The summed E-state index contributed by atoms with van der Waals surface area (Å²) in [5, 5.41) is 8.40. The molecule has 0 aliphatic carbocycles. The first-order valence-electron chi connectivity index (χ1n) is 22.1. The largest absolute Gasteiger partial charge is 0.297 e. The molecule has 0 N–H and O–H groups in total. The number of hydrogen-bond donors (Lipinski definition) is 0. The molecule has 13 aromatic rings. The summed E-state index contributed by atoms with van der Waals surface area (Å²) < 4.78 is 8.13. The number of para-hydroxylation sites is 8. The Morgan fingerprint density at radius 3 is 1.01 bits per heavy atom. The zero-order chi connectivity index (χ0) is 44.8. The molecule has 0 amide bonds. The first-order chi connectivity index (χ1) is 33.0. The second kappa shape index (κ2) is 14.9. The van der Waals surface area contributed by atoms with E-state index in [1.54, 1.807) is 0 Å². The summed E-state index contributed by atoms with van der Waals surface area (Å²) in [6, 6.07) is 65.5. The highest BCUT2D eigenvalue weighted by Crippen LogP contribution is 2.35. The topological polar surface area (TPSA) is 100 Å². The number of aliphatic imine (C=N–C) groups is 2. The summed E-state index contributed by atoms with van der Waals surface area (Å²) in [5.41, 5.74) is 7.23. The van der Waals surface area contributed by atoms with Crippen molar-refractivity contribution in [2.24, 2.45) is 9.98 Å². The molecule has 0 spiro atoms. The van der Waals surface area contributed by atoms with Crippen molar-refractivity contribution in [3.05, 3.63) is 212 Å². The van der Waals surface area contributed by atoms with Gasteiger partial charge in [-0.15, -0.1) is 0 Å². The number of Topliss-reactive ketones (excluding diaryl/α,β-unsaturated/α-hetero) is 1. The molecular weight excluding hydrogens is 827 g/mol. The molecule has 0 saturated carbocycles. The van der Waals surface area contributed by atoms with Crippen molar-refractivity contribution in [3.8, 4) is 11.9 Å². The number of benzene rings is 8. The van der Waals surface area contributed by atoms with Crippen LogP contribution in [-0.2, 0) is 0 Å². The van der Waals surface area contributed by atoms with Crippen molar-refractivity contribution in [2.45, 2.75) is 6.92 Å². The quantitative estimate of drug-likeness (QED) is 0.0744. The average molecular weight is 864 g/mol. The van der Waals surface area contributed by atoms with E-state index in [2.05, 4.69) is 71.8 Å². The number of carbonyl (C=O) groups is 1. The number of hydrogen-bond acceptors (Lipinski definition) is 5. The lowest BCUT2D eigenvalue weighted by Crippen LogP contribution is -2.18. The highest BCUT2D eigenvalue weighted by atomic mass is 16.1. The molecular formula is C57H37N9O. The average Bonchev–Trinajstić information content (AvgIpc) is 4.11. The van der Waals surface area contributed by atoms with Gasteiger partial charge in [-0.25, -0.2) is 4.99 Å². The Balaban J connectivity index is 1.05. The third-order valence-electron chi connectivity index (χ3n) is 12.8. The lowest BCUT2D eigenvalue weighted by molar-refractivity contribution is 0.102. The van der Waals surface area contributed by atoms with Crippen LogP contribution in [0.1, 0.15) is 17.5 Å². The third-order valence-corrected chi connectivity index (χ3v) is 12.8. The van der Waals surface area contributed by atoms with Gasteiger partial charge < -0.3 is 0 Å². The van der Waals surface area contributed by atoms with Gasteiger partial charge >= 0.3 is 0 Å². The predicted molar refractivity (Wildman–Crippen MR) is 272 cm³/mol. The molecule has 0 aliphatic rings. The molecule has 0 unspecified atom stereocenters. The van der Waals surface area contributed by atoms with Crippen LogP contribution in [0.15, 0.2) is 216 Å². The lowest BCUT2D eigenvalue weighted by Gasteiger charge is -2.13. The van der Waals surface area contributed by atoms with Gasteiger partial charge in [0.15, 0.2) is 0 Å². The van der Waals surface area contributed by atoms with Crippen LogP contribution in [0, 0.1) is 0 Å². The Bertz CT molecular complexity index is 3950. The molecule has 0 bridgehead atoms. The van der Waals surface area contributed by atoms with Gasteiger partial charge in [-0.05, 0) is 55.5 Å². The summed E-state index contributed by atoms with van der Waals surface area (Å²) in [4.78, 5) is 41.0. The van der Waals surface area contributed by atoms with Crippen molar-refractivity contribution in [1.29, 1.82) is 0 Å².